The van der Waals surface area contributed by atoms with Crippen LogP contribution in [0.15, 0.2) is 18.3 Å². The molecule has 1 aromatic heterocycles. The molecule has 0 radical (unpaired) electrons. The van der Waals surface area contributed by atoms with Crippen molar-refractivity contribution < 1.29 is 4.39 Å². The third-order valence-corrected chi connectivity index (χ3v) is 4.51. The van der Waals surface area contributed by atoms with Crippen LogP contribution in [-0.2, 0) is 0 Å². The van der Waals surface area contributed by atoms with Crippen LogP contribution in [0.2, 0.25) is 0 Å². The largest absolute Gasteiger partial charge is 0.309 e. The number of hydrogen-bond acceptors (Lipinski definition) is 3. The number of piperidine rings is 1. The summed E-state index contributed by atoms with van der Waals surface area (Å²) >= 11 is 0. The predicted octanol–water partition coefficient (Wildman–Crippen LogP) is 3.38. The highest BCUT2D eigenvalue weighted by molar-refractivity contribution is 5.10. The van der Waals surface area contributed by atoms with E-state index < -0.39 is 0 Å². The van der Waals surface area contributed by atoms with Gasteiger partial charge in [0.2, 0.25) is 0 Å². The molecule has 21 heavy (non-hydrogen) atoms. The van der Waals surface area contributed by atoms with E-state index in [1.165, 1.54) is 31.6 Å². The van der Waals surface area contributed by atoms with Gasteiger partial charge in [0.1, 0.15) is 5.82 Å². The summed E-state index contributed by atoms with van der Waals surface area (Å²) in [5.74, 6) is 0.523. The van der Waals surface area contributed by atoms with Gasteiger partial charge in [-0.3, -0.25) is 4.98 Å². The van der Waals surface area contributed by atoms with Crippen molar-refractivity contribution in [3.05, 3.63) is 29.8 Å². The fourth-order valence-electron chi connectivity index (χ4n) is 3.18. The predicted molar refractivity (Wildman–Crippen MR) is 84.7 cm³/mol. The van der Waals surface area contributed by atoms with Crippen LogP contribution in [0.4, 0.5) is 4.39 Å². The van der Waals surface area contributed by atoms with E-state index in [2.05, 4.69) is 36.0 Å². The van der Waals surface area contributed by atoms with E-state index in [0.29, 0.717) is 6.04 Å². The Morgan fingerprint density at radius 2 is 2.19 bits per heavy atom. The summed E-state index contributed by atoms with van der Waals surface area (Å²) in [6.45, 7) is 9.92. The summed E-state index contributed by atoms with van der Waals surface area (Å²) in [6.07, 6.45) is 4.96. The smallest absolute Gasteiger partial charge is 0.141 e. The van der Waals surface area contributed by atoms with Crippen LogP contribution < -0.4 is 5.32 Å². The highest BCUT2D eigenvalue weighted by Crippen LogP contribution is 2.23. The highest BCUT2D eigenvalue weighted by atomic mass is 19.1. The maximum Gasteiger partial charge on any atom is 0.141 e. The number of nitrogens with zero attached hydrogens (tertiary/aromatic N) is 2. The Balaban J connectivity index is 1.94. The Labute approximate surface area is 127 Å². The maximum absolute atomic E-state index is 13.0. The van der Waals surface area contributed by atoms with E-state index in [1.807, 2.05) is 0 Å². The van der Waals surface area contributed by atoms with Gasteiger partial charge in [0.25, 0.3) is 0 Å². The summed E-state index contributed by atoms with van der Waals surface area (Å²) in [5, 5.41) is 3.47. The van der Waals surface area contributed by atoms with Crippen LogP contribution in [0.3, 0.4) is 0 Å². The topological polar surface area (TPSA) is 28.2 Å². The van der Waals surface area contributed by atoms with Gasteiger partial charge in [-0.2, -0.15) is 0 Å². The third kappa shape index (κ3) is 4.75. The first kappa shape index (κ1) is 16.4. The molecule has 2 rings (SSSR count). The lowest BCUT2D eigenvalue weighted by atomic mass is 9.94. The SMILES string of the molecule is CCNC(CCN1CC(C)CCC1C)c1ccc(F)cn1. The lowest BCUT2D eigenvalue weighted by Crippen LogP contribution is -2.42. The van der Waals surface area contributed by atoms with E-state index >= 15 is 0 Å². The number of rotatable bonds is 6. The van der Waals surface area contributed by atoms with E-state index in [1.54, 1.807) is 6.07 Å². The summed E-state index contributed by atoms with van der Waals surface area (Å²) in [4.78, 5) is 6.82. The second-order valence-corrected chi connectivity index (χ2v) is 6.33. The molecule has 0 amide bonds. The molecule has 4 heteroatoms. The standard InChI is InChI=1S/C17H28FN3/c1-4-19-17(16-8-7-15(18)11-20-16)9-10-21-12-13(2)5-6-14(21)3/h7-8,11,13-14,17,19H,4-6,9-10,12H2,1-3H3. The van der Waals surface area contributed by atoms with Crippen molar-refractivity contribution in [1.82, 2.24) is 15.2 Å². The molecule has 0 aromatic carbocycles. The minimum absolute atomic E-state index is 0.208. The fourth-order valence-corrected chi connectivity index (χ4v) is 3.18. The Kier molecular flexibility index (Phi) is 6.12. The zero-order valence-electron chi connectivity index (χ0n) is 13.5. The summed E-state index contributed by atoms with van der Waals surface area (Å²) in [7, 11) is 0. The number of hydrogen-bond donors (Lipinski definition) is 1. The molecule has 0 aliphatic carbocycles. The lowest BCUT2D eigenvalue weighted by molar-refractivity contribution is 0.119. The number of nitrogens with one attached hydrogen (secondary N) is 1. The molecule has 2 heterocycles. The van der Waals surface area contributed by atoms with Crippen molar-refractivity contribution in [3.8, 4) is 0 Å². The van der Waals surface area contributed by atoms with Crippen molar-refractivity contribution in [2.75, 3.05) is 19.6 Å². The van der Waals surface area contributed by atoms with Crippen molar-refractivity contribution in [2.45, 2.75) is 52.1 Å². The Morgan fingerprint density at radius 3 is 2.86 bits per heavy atom. The fraction of sp³-hybridized carbons (Fsp3) is 0.706. The van der Waals surface area contributed by atoms with E-state index in [9.17, 15) is 4.39 Å². The van der Waals surface area contributed by atoms with Crippen molar-refractivity contribution in [1.29, 1.82) is 0 Å². The Bertz CT molecular complexity index is 421. The molecular weight excluding hydrogens is 265 g/mol. The zero-order chi connectivity index (χ0) is 15.2. The summed E-state index contributed by atoms with van der Waals surface area (Å²) < 4.78 is 13.0. The van der Waals surface area contributed by atoms with E-state index in [4.69, 9.17) is 0 Å². The highest BCUT2D eigenvalue weighted by Gasteiger charge is 2.23. The Hall–Kier alpha value is -1.00. The quantitative estimate of drug-likeness (QED) is 0.871. The van der Waals surface area contributed by atoms with Crippen LogP contribution in [0.5, 0.6) is 0 Å². The number of pyridine rings is 1. The van der Waals surface area contributed by atoms with Gasteiger partial charge in [0.15, 0.2) is 0 Å². The molecule has 3 nitrogen and oxygen atoms in total. The van der Waals surface area contributed by atoms with Crippen molar-refractivity contribution in [3.63, 3.8) is 0 Å². The number of likely N-dealkylation sites (tertiary alicyclic amines) is 1. The molecule has 1 aliphatic heterocycles. The van der Waals surface area contributed by atoms with Crippen molar-refractivity contribution in [2.24, 2.45) is 5.92 Å². The molecule has 1 saturated heterocycles. The molecule has 1 aromatic rings. The molecule has 0 bridgehead atoms. The van der Waals surface area contributed by atoms with Gasteiger partial charge in [-0.05, 0) is 50.8 Å². The Morgan fingerprint density at radius 1 is 1.38 bits per heavy atom. The molecule has 1 N–H and O–H groups in total. The number of halogens is 1. The van der Waals surface area contributed by atoms with Crippen LogP contribution in [-0.4, -0.2) is 35.6 Å². The molecule has 1 fully saturated rings. The van der Waals surface area contributed by atoms with Gasteiger partial charge in [-0.25, -0.2) is 4.39 Å². The van der Waals surface area contributed by atoms with Gasteiger partial charge in [0.05, 0.1) is 17.9 Å². The van der Waals surface area contributed by atoms with Gasteiger partial charge in [-0.15, -0.1) is 0 Å². The van der Waals surface area contributed by atoms with Crippen LogP contribution in [0.25, 0.3) is 0 Å². The van der Waals surface area contributed by atoms with Gasteiger partial charge in [-0.1, -0.05) is 13.8 Å². The monoisotopic (exact) mass is 293 g/mol. The third-order valence-electron chi connectivity index (χ3n) is 4.51. The molecule has 1 aliphatic rings. The molecule has 3 atom stereocenters. The minimum Gasteiger partial charge on any atom is -0.309 e. The van der Waals surface area contributed by atoms with Crippen molar-refractivity contribution >= 4 is 0 Å². The zero-order valence-corrected chi connectivity index (χ0v) is 13.5. The van der Waals surface area contributed by atoms with E-state index in [0.717, 1.165) is 31.1 Å². The molecule has 118 valence electrons. The van der Waals surface area contributed by atoms with Gasteiger partial charge in [0, 0.05) is 19.1 Å². The first-order valence-electron chi connectivity index (χ1n) is 8.19. The summed E-state index contributed by atoms with van der Waals surface area (Å²) in [6, 6.07) is 4.17. The first-order chi connectivity index (χ1) is 10.1. The van der Waals surface area contributed by atoms with Crippen LogP contribution >= 0.6 is 0 Å². The first-order valence-corrected chi connectivity index (χ1v) is 8.19. The molecule has 0 spiro atoms. The normalized spacial score (nSPS) is 25.0. The van der Waals surface area contributed by atoms with Gasteiger partial charge < -0.3 is 10.2 Å². The average molecular weight is 293 g/mol. The maximum atomic E-state index is 13.0. The van der Waals surface area contributed by atoms with Gasteiger partial charge >= 0.3 is 0 Å². The minimum atomic E-state index is -0.271. The molecular formula is C17H28FN3. The molecule has 3 unspecified atom stereocenters. The lowest BCUT2D eigenvalue weighted by Gasteiger charge is -2.37. The van der Waals surface area contributed by atoms with Crippen LogP contribution in [0, 0.1) is 11.7 Å². The van der Waals surface area contributed by atoms with Crippen LogP contribution in [0.1, 0.15) is 51.8 Å². The average Bonchev–Trinajstić information content (AvgIpc) is 2.48. The summed E-state index contributed by atoms with van der Waals surface area (Å²) in [5.41, 5.74) is 0.941. The number of aromatic nitrogens is 1. The molecule has 0 saturated carbocycles. The second-order valence-electron chi connectivity index (χ2n) is 6.33. The van der Waals surface area contributed by atoms with E-state index in [-0.39, 0.29) is 11.9 Å². The second kappa shape index (κ2) is 7.85.